The molecule has 170 valence electrons. The van der Waals surface area contributed by atoms with Crippen LogP contribution in [-0.4, -0.2) is 8.07 Å². The lowest BCUT2D eigenvalue weighted by atomic mass is 9.67. The molecule has 0 aromatic carbocycles. The third-order valence-electron chi connectivity index (χ3n) is 10.0. The number of rotatable bonds is 4. The molecule has 0 radical (unpaired) electrons. The number of allylic oxidation sites excluding steroid dienone is 8. The molecule has 0 bridgehead atoms. The Morgan fingerprint density at radius 1 is 0.871 bits per heavy atom. The smallest absolute Gasteiger partial charge is 0.0706 e. The van der Waals surface area contributed by atoms with Gasteiger partial charge in [-0.05, 0) is 116 Å². The van der Waals surface area contributed by atoms with Crippen LogP contribution in [0, 0.1) is 23.7 Å². The molecule has 5 rings (SSSR count). The summed E-state index contributed by atoms with van der Waals surface area (Å²) in [6.07, 6.45) is 23.7. The average Bonchev–Trinajstić information content (AvgIpc) is 3.37. The summed E-state index contributed by atoms with van der Waals surface area (Å²) in [5.41, 5.74) is 11.0. The highest BCUT2D eigenvalue weighted by Crippen LogP contribution is 2.59. The molecule has 1 unspecified atom stereocenters. The van der Waals surface area contributed by atoms with Crippen LogP contribution in [0.4, 0.5) is 0 Å². The van der Waals surface area contributed by atoms with Crippen molar-refractivity contribution in [3.05, 3.63) is 46.1 Å². The topological polar surface area (TPSA) is 0 Å². The van der Waals surface area contributed by atoms with Gasteiger partial charge in [0.05, 0.1) is 8.07 Å². The minimum Gasteiger partial charge on any atom is -0.0800 e. The highest BCUT2D eigenvalue weighted by Gasteiger charge is 2.48. The lowest BCUT2D eigenvalue weighted by Crippen LogP contribution is -2.38. The van der Waals surface area contributed by atoms with Crippen LogP contribution in [0.1, 0.15) is 91.4 Å². The fraction of sp³-hybridized carbons (Fsp3) is 0.733. The molecule has 1 saturated carbocycles. The van der Waals surface area contributed by atoms with Gasteiger partial charge >= 0.3 is 0 Å². The van der Waals surface area contributed by atoms with Gasteiger partial charge in [0.25, 0.3) is 0 Å². The third-order valence-corrected chi connectivity index (χ3v) is 14.3. The molecule has 5 aliphatic rings. The van der Waals surface area contributed by atoms with Gasteiger partial charge in [0, 0.05) is 0 Å². The van der Waals surface area contributed by atoms with Crippen LogP contribution in [0.2, 0.25) is 24.2 Å². The van der Waals surface area contributed by atoms with E-state index in [2.05, 4.69) is 52.1 Å². The van der Waals surface area contributed by atoms with Crippen molar-refractivity contribution in [3.8, 4) is 0 Å². The molecule has 0 amide bonds. The van der Waals surface area contributed by atoms with Gasteiger partial charge in [-0.15, -0.1) is 0 Å². The van der Waals surface area contributed by atoms with Crippen LogP contribution in [0.15, 0.2) is 46.1 Å². The maximum absolute atomic E-state index is 2.80. The highest BCUT2D eigenvalue weighted by atomic mass is 28.3. The lowest BCUT2D eigenvalue weighted by molar-refractivity contribution is 0.172. The Labute approximate surface area is 193 Å². The molecule has 1 heteroatoms. The van der Waals surface area contributed by atoms with Crippen molar-refractivity contribution in [3.63, 3.8) is 0 Å². The van der Waals surface area contributed by atoms with E-state index in [4.69, 9.17) is 0 Å². The van der Waals surface area contributed by atoms with E-state index in [0.29, 0.717) is 0 Å². The van der Waals surface area contributed by atoms with E-state index in [1.165, 1.54) is 70.6 Å². The largest absolute Gasteiger partial charge is 0.0800 e. The molecule has 0 N–H and O–H groups in total. The third kappa shape index (κ3) is 3.81. The van der Waals surface area contributed by atoms with Crippen LogP contribution in [0.25, 0.3) is 0 Å². The first-order chi connectivity index (χ1) is 14.9. The summed E-state index contributed by atoms with van der Waals surface area (Å²) < 4.78 is 0. The summed E-state index contributed by atoms with van der Waals surface area (Å²) in [6, 6.07) is 0. The quantitative estimate of drug-likeness (QED) is 0.386. The molecule has 0 saturated heterocycles. The summed E-state index contributed by atoms with van der Waals surface area (Å²) in [5, 5.41) is 0. The molecular weight excluding hydrogens is 388 g/mol. The van der Waals surface area contributed by atoms with E-state index in [9.17, 15) is 0 Å². The first-order valence-corrected chi connectivity index (χ1v) is 16.9. The van der Waals surface area contributed by atoms with Crippen molar-refractivity contribution in [2.75, 3.05) is 0 Å². The Balaban J connectivity index is 1.45. The van der Waals surface area contributed by atoms with Crippen molar-refractivity contribution in [2.45, 2.75) is 116 Å². The zero-order valence-corrected chi connectivity index (χ0v) is 22.0. The van der Waals surface area contributed by atoms with E-state index in [-0.39, 0.29) is 0 Å². The Morgan fingerprint density at radius 3 is 2.10 bits per heavy atom. The number of fused-ring (bicyclic) bond motifs is 1. The second-order valence-electron chi connectivity index (χ2n) is 12.7. The van der Waals surface area contributed by atoms with Gasteiger partial charge in [0.2, 0.25) is 0 Å². The summed E-state index contributed by atoms with van der Waals surface area (Å²) in [7, 11) is -1.50. The average molecular weight is 435 g/mol. The maximum Gasteiger partial charge on any atom is 0.0706 e. The summed E-state index contributed by atoms with van der Waals surface area (Å²) in [6.45, 7) is 12.9. The highest BCUT2D eigenvalue weighted by molar-refractivity contribution is 6.82. The summed E-state index contributed by atoms with van der Waals surface area (Å²) in [4.78, 5) is 0. The zero-order chi connectivity index (χ0) is 21.8. The van der Waals surface area contributed by atoms with Gasteiger partial charge in [-0.1, -0.05) is 69.7 Å². The molecule has 5 aliphatic carbocycles. The molecular formula is C30H46Si. The lowest BCUT2D eigenvalue weighted by Gasteiger charge is -2.40. The first-order valence-electron chi connectivity index (χ1n) is 13.7. The Hall–Kier alpha value is -0.823. The fourth-order valence-corrected chi connectivity index (χ4v) is 12.3. The number of hydrogen-bond donors (Lipinski definition) is 0. The Kier molecular flexibility index (Phi) is 6.04. The van der Waals surface area contributed by atoms with Crippen molar-refractivity contribution in [1.29, 1.82) is 0 Å². The monoisotopic (exact) mass is 434 g/mol. The molecule has 0 heterocycles. The standard InChI is InChI=1S/C30H46Si/c1-20(2)24-17-14-21(3)18-29(24)22-15-16-23(19-22)31(4,5)30-27-12-8-6-10-25(27)26-11-7-9-13-28(26)30/h15-16,19-21,23-24,29-30H,6-14,17-18H2,1-5H3/t21-,23?,24+,29+/m1/s1. The Bertz CT molecular complexity index is 800. The van der Waals surface area contributed by atoms with Gasteiger partial charge in [0.1, 0.15) is 0 Å². The summed E-state index contributed by atoms with van der Waals surface area (Å²) >= 11 is 0. The van der Waals surface area contributed by atoms with Crippen molar-refractivity contribution in [2.24, 2.45) is 23.7 Å². The Morgan fingerprint density at radius 2 is 1.48 bits per heavy atom. The van der Waals surface area contributed by atoms with E-state index in [1.54, 1.807) is 5.57 Å². The van der Waals surface area contributed by atoms with E-state index >= 15 is 0 Å². The molecule has 4 atom stereocenters. The second kappa shape index (κ2) is 8.51. The predicted octanol–water partition coefficient (Wildman–Crippen LogP) is 9.39. The molecule has 0 spiro atoms. The zero-order valence-electron chi connectivity index (χ0n) is 21.0. The van der Waals surface area contributed by atoms with E-state index in [1.807, 2.05) is 22.3 Å². The predicted molar refractivity (Wildman–Crippen MR) is 138 cm³/mol. The molecule has 31 heavy (non-hydrogen) atoms. The molecule has 0 aliphatic heterocycles. The van der Waals surface area contributed by atoms with Gasteiger partial charge in [-0.3, -0.25) is 0 Å². The van der Waals surface area contributed by atoms with Gasteiger partial charge < -0.3 is 0 Å². The fourth-order valence-electron chi connectivity index (χ4n) is 8.31. The second-order valence-corrected chi connectivity index (χ2v) is 17.5. The minimum absolute atomic E-state index is 0.738. The van der Waals surface area contributed by atoms with Crippen LogP contribution >= 0.6 is 0 Å². The summed E-state index contributed by atoms with van der Waals surface area (Å²) in [5.74, 6) is 3.42. The van der Waals surface area contributed by atoms with Crippen LogP contribution < -0.4 is 0 Å². The first kappa shape index (κ1) is 22.0. The normalized spacial score (nSPS) is 34.5. The molecule has 1 fully saturated rings. The maximum atomic E-state index is 2.80. The molecule has 0 aromatic rings. The van der Waals surface area contributed by atoms with E-state index < -0.39 is 8.07 Å². The van der Waals surface area contributed by atoms with Crippen LogP contribution in [-0.2, 0) is 0 Å². The van der Waals surface area contributed by atoms with Crippen molar-refractivity contribution >= 4 is 8.07 Å². The minimum atomic E-state index is -1.50. The van der Waals surface area contributed by atoms with E-state index in [0.717, 1.165) is 34.8 Å². The van der Waals surface area contributed by atoms with Crippen LogP contribution in [0.3, 0.4) is 0 Å². The number of hydrogen-bond acceptors (Lipinski definition) is 0. The van der Waals surface area contributed by atoms with Crippen molar-refractivity contribution in [1.82, 2.24) is 0 Å². The van der Waals surface area contributed by atoms with Crippen LogP contribution in [0.5, 0.6) is 0 Å². The van der Waals surface area contributed by atoms with Gasteiger partial charge in [0.15, 0.2) is 0 Å². The SMILES string of the molecule is CC(C)[C@@H]1CC[C@@H](C)C[C@H]1C1=CC([Si](C)(C)C2C3=C(CCCC3)C3=C2CCCC3)C=C1. The van der Waals surface area contributed by atoms with Crippen molar-refractivity contribution < 1.29 is 0 Å². The molecule has 0 nitrogen and oxygen atoms in total. The van der Waals surface area contributed by atoms with Gasteiger partial charge in [-0.25, -0.2) is 0 Å². The molecule has 0 aromatic heterocycles. The van der Waals surface area contributed by atoms with Gasteiger partial charge in [-0.2, -0.15) is 0 Å².